The fourth-order valence-electron chi connectivity index (χ4n) is 7.51. The number of urea groups is 1. The van der Waals surface area contributed by atoms with Crippen LogP contribution in [0.1, 0.15) is 36.5 Å². The summed E-state index contributed by atoms with van der Waals surface area (Å²) in [6, 6.07) is 10.7. The second kappa shape index (κ2) is 13.8. The van der Waals surface area contributed by atoms with Gasteiger partial charge < -0.3 is 19.7 Å². The van der Waals surface area contributed by atoms with Crippen LogP contribution >= 0.6 is 0 Å². The van der Waals surface area contributed by atoms with Gasteiger partial charge in [0.05, 0.1) is 42.7 Å². The number of ether oxygens (including phenoxy) is 2. The molecule has 1 atom stereocenters. The number of nitriles is 1. The Kier molecular flexibility index (Phi) is 9.40. The van der Waals surface area contributed by atoms with Gasteiger partial charge in [-0.3, -0.25) is 14.6 Å². The lowest BCUT2D eigenvalue weighted by atomic mass is 9.83. The number of likely N-dealkylation sites (tertiary alicyclic amines) is 2. The van der Waals surface area contributed by atoms with Gasteiger partial charge in [0.25, 0.3) is 15.9 Å². The average Bonchev–Trinajstić information content (AvgIpc) is 3.36. The predicted octanol–water partition coefficient (Wildman–Crippen LogP) is 2.80. The number of fused-ring (bicyclic) bond motifs is 1. The number of benzene rings is 2. The summed E-state index contributed by atoms with van der Waals surface area (Å²) in [4.78, 5) is 38.8. The first-order valence-electron chi connectivity index (χ1n) is 16.9. The summed E-state index contributed by atoms with van der Waals surface area (Å²) in [6.07, 6.45) is 3.44. The molecule has 268 valence electrons. The van der Waals surface area contributed by atoms with Crippen LogP contribution in [0, 0.1) is 23.0 Å². The standard InChI is InChI=1S/C35H37F2N7O6S/c1-2-50-32-27(4-3-11-39-32)35(40-34(46)43-21-26(22-43)41-12-9-25(10-13-41)42-14-16-49-17-15-42)28-18-23(20-38)5-7-30(28)44(33(35)45)51(47,48)31-8-6-24(36)19-29(31)37/h3-8,11,18-19,25-26H,2,9-10,12-17,21-22H2,1H3,(H,40,46)/t35-/m1/s1. The van der Waals surface area contributed by atoms with E-state index in [1.807, 2.05) is 6.07 Å². The Bertz CT molecular complexity index is 1990. The number of anilines is 1. The van der Waals surface area contributed by atoms with Crippen LogP contribution in [0.4, 0.5) is 19.3 Å². The largest absolute Gasteiger partial charge is 0.478 e. The van der Waals surface area contributed by atoms with Gasteiger partial charge in [-0.1, -0.05) is 0 Å². The molecular weight excluding hydrogens is 684 g/mol. The molecule has 16 heteroatoms. The van der Waals surface area contributed by atoms with Crippen LogP contribution in [0.2, 0.25) is 0 Å². The zero-order chi connectivity index (χ0) is 35.9. The first kappa shape index (κ1) is 34.7. The number of piperidine rings is 1. The molecule has 0 aliphatic carbocycles. The number of morpholine rings is 1. The molecule has 13 nitrogen and oxygen atoms in total. The van der Waals surface area contributed by atoms with Crippen molar-refractivity contribution in [2.75, 3.05) is 63.4 Å². The van der Waals surface area contributed by atoms with Gasteiger partial charge in [0.2, 0.25) is 5.88 Å². The fourth-order valence-corrected chi connectivity index (χ4v) is 9.02. The lowest BCUT2D eigenvalue weighted by molar-refractivity contribution is -0.121. The molecule has 4 aliphatic heterocycles. The number of carbonyl (C=O) groups is 2. The number of hydrogen-bond acceptors (Lipinski definition) is 10. The topological polar surface area (TPSA) is 148 Å². The number of amides is 3. The van der Waals surface area contributed by atoms with Crippen molar-refractivity contribution in [3.8, 4) is 11.9 Å². The minimum atomic E-state index is -5.04. The molecule has 51 heavy (non-hydrogen) atoms. The Morgan fingerprint density at radius 3 is 2.45 bits per heavy atom. The van der Waals surface area contributed by atoms with E-state index in [9.17, 15) is 27.7 Å². The minimum Gasteiger partial charge on any atom is -0.478 e. The van der Waals surface area contributed by atoms with Gasteiger partial charge in [-0.2, -0.15) is 9.57 Å². The van der Waals surface area contributed by atoms with E-state index >= 15 is 4.39 Å². The maximum Gasteiger partial charge on any atom is 0.318 e. The van der Waals surface area contributed by atoms with E-state index in [4.69, 9.17) is 9.47 Å². The van der Waals surface area contributed by atoms with Crippen LogP contribution in [-0.4, -0.2) is 111 Å². The average molecular weight is 722 g/mol. The Morgan fingerprint density at radius 1 is 1.04 bits per heavy atom. The van der Waals surface area contributed by atoms with Crippen molar-refractivity contribution >= 4 is 27.6 Å². The van der Waals surface area contributed by atoms with Crippen molar-refractivity contribution in [2.24, 2.45) is 0 Å². The fraction of sp³-hybridized carbons (Fsp3) is 0.429. The SMILES string of the molecule is CCOc1ncccc1[C@]1(NC(=O)N2CC(N3CCC(N4CCOCC4)CC3)C2)C(=O)N(S(=O)(=O)c2ccc(F)cc2F)c2ccc(C#N)cc21. The van der Waals surface area contributed by atoms with Crippen LogP contribution in [0.3, 0.4) is 0 Å². The van der Waals surface area contributed by atoms with E-state index in [2.05, 4.69) is 20.1 Å². The third-order valence-electron chi connectivity index (χ3n) is 10.1. The summed E-state index contributed by atoms with van der Waals surface area (Å²) in [5.74, 6) is -3.65. The highest BCUT2D eigenvalue weighted by molar-refractivity contribution is 7.93. The lowest BCUT2D eigenvalue weighted by Gasteiger charge is -2.49. The number of halogens is 2. The maximum absolute atomic E-state index is 15.1. The van der Waals surface area contributed by atoms with Gasteiger partial charge in [0, 0.05) is 69.2 Å². The van der Waals surface area contributed by atoms with E-state index in [0.717, 1.165) is 64.4 Å². The Morgan fingerprint density at radius 2 is 1.76 bits per heavy atom. The number of hydrogen-bond donors (Lipinski definition) is 1. The molecule has 1 N–H and O–H groups in total. The van der Waals surface area contributed by atoms with Crippen LogP contribution < -0.4 is 14.4 Å². The molecule has 1 aromatic heterocycles. The quantitative estimate of drug-likeness (QED) is 0.368. The Balaban J connectivity index is 1.22. The molecule has 0 unspecified atom stereocenters. The van der Waals surface area contributed by atoms with Gasteiger partial charge in [-0.15, -0.1) is 0 Å². The summed E-state index contributed by atoms with van der Waals surface area (Å²) in [5, 5.41) is 12.7. The highest BCUT2D eigenvalue weighted by Crippen LogP contribution is 2.49. The number of aromatic nitrogens is 1. The van der Waals surface area contributed by atoms with Crippen LogP contribution in [0.25, 0.3) is 0 Å². The number of pyridine rings is 1. The Hall–Kier alpha value is -4.69. The van der Waals surface area contributed by atoms with Gasteiger partial charge in [0.15, 0.2) is 5.54 Å². The van der Waals surface area contributed by atoms with Crippen molar-refractivity contribution in [2.45, 2.75) is 42.3 Å². The maximum atomic E-state index is 15.1. The molecule has 0 bridgehead atoms. The first-order valence-corrected chi connectivity index (χ1v) is 18.3. The summed E-state index contributed by atoms with van der Waals surface area (Å²) in [5.41, 5.74) is -2.47. The number of rotatable bonds is 8. The molecule has 2 aromatic carbocycles. The first-order chi connectivity index (χ1) is 24.6. The predicted molar refractivity (Wildman–Crippen MR) is 179 cm³/mol. The second-order valence-electron chi connectivity index (χ2n) is 12.9. The summed E-state index contributed by atoms with van der Waals surface area (Å²) in [6.45, 7) is 7.68. The summed E-state index contributed by atoms with van der Waals surface area (Å²) in [7, 11) is -5.04. The molecule has 3 fully saturated rings. The highest BCUT2D eigenvalue weighted by Gasteiger charge is 2.59. The summed E-state index contributed by atoms with van der Waals surface area (Å²) >= 11 is 0. The monoisotopic (exact) mass is 721 g/mol. The number of carbonyl (C=O) groups excluding carboxylic acids is 2. The normalized spacial score (nSPS) is 22.0. The van der Waals surface area contributed by atoms with Crippen molar-refractivity contribution in [3.63, 3.8) is 0 Å². The molecule has 0 saturated carbocycles. The molecular formula is C35H37F2N7O6S. The molecule has 0 spiro atoms. The minimum absolute atomic E-state index is 0.0149. The van der Waals surface area contributed by atoms with Gasteiger partial charge in [-0.05, 0) is 62.2 Å². The zero-order valence-electron chi connectivity index (χ0n) is 27.9. The molecule has 3 amide bonds. The third-order valence-corrected chi connectivity index (χ3v) is 11.9. The van der Waals surface area contributed by atoms with Gasteiger partial charge >= 0.3 is 6.03 Å². The van der Waals surface area contributed by atoms with Crippen molar-refractivity contribution < 1.29 is 36.3 Å². The van der Waals surface area contributed by atoms with Gasteiger partial charge in [0.1, 0.15) is 16.5 Å². The van der Waals surface area contributed by atoms with E-state index in [1.165, 1.54) is 41.4 Å². The lowest BCUT2D eigenvalue weighted by Crippen LogP contribution is -2.67. The van der Waals surface area contributed by atoms with Crippen molar-refractivity contribution in [1.82, 2.24) is 25.0 Å². The molecule has 3 aromatic rings. The number of nitrogens with one attached hydrogen (secondary N) is 1. The van der Waals surface area contributed by atoms with Crippen molar-refractivity contribution in [1.29, 1.82) is 5.26 Å². The van der Waals surface area contributed by atoms with Crippen LogP contribution in [0.15, 0.2) is 59.6 Å². The van der Waals surface area contributed by atoms with Crippen molar-refractivity contribution in [3.05, 3.63) is 83.1 Å². The highest BCUT2D eigenvalue weighted by atomic mass is 32.2. The third kappa shape index (κ3) is 6.07. The molecule has 3 saturated heterocycles. The van der Waals surface area contributed by atoms with E-state index in [1.54, 1.807) is 6.92 Å². The van der Waals surface area contributed by atoms with E-state index in [-0.39, 0.29) is 40.9 Å². The smallest absolute Gasteiger partial charge is 0.318 e. The molecule has 7 rings (SSSR count). The molecule has 4 aliphatic rings. The summed E-state index contributed by atoms with van der Waals surface area (Å²) < 4.78 is 68.9. The molecule has 5 heterocycles. The number of nitrogens with zero attached hydrogens (tertiary/aromatic N) is 6. The van der Waals surface area contributed by atoms with Crippen LogP contribution in [-0.2, 0) is 25.1 Å². The van der Waals surface area contributed by atoms with Gasteiger partial charge in [-0.25, -0.2) is 27.0 Å². The second-order valence-corrected chi connectivity index (χ2v) is 14.7. The zero-order valence-corrected chi connectivity index (χ0v) is 28.7. The molecule has 0 radical (unpaired) electrons. The van der Waals surface area contributed by atoms with Crippen LogP contribution in [0.5, 0.6) is 5.88 Å². The van der Waals surface area contributed by atoms with E-state index in [0.29, 0.717) is 29.5 Å². The Labute approximate surface area is 294 Å². The number of sulfonamides is 1. The van der Waals surface area contributed by atoms with E-state index < -0.39 is 44.0 Å².